The van der Waals surface area contributed by atoms with E-state index in [2.05, 4.69) is 5.32 Å². The van der Waals surface area contributed by atoms with Crippen LogP contribution in [0.1, 0.15) is 6.42 Å². The molecule has 1 amide bonds. The molecule has 0 radical (unpaired) electrons. The lowest BCUT2D eigenvalue weighted by Gasteiger charge is -2.37. The van der Waals surface area contributed by atoms with Crippen LogP contribution in [0.15, 0.2) is 0 Å². The molecule has 2 atom stereocenters. The van der Waals surface area contributed by atoms with Crippen molar-refractivity contribution in [1.82, 2.24) is 10.2 Å². The molecule has 0 saturated carbocycles. The summed E-state index contributed by atoms with van der Waals surface area (Å²) in [4.78, 5) is 13.8. The second-order valence-corrected chi connectivity index (χ2v) is 4.42. The minimum atomic E-state index is 0.103. The summed E-state index contributed by atoms with van der Waals surface area (Å²) >= 11 is 0. The van der Waals surface area contributed by atoms with E-state index < -0.39 is 0 Å². The normalized spacial score (nSPS) is 31.1. The number of fused-ring (bicyclic) bond motifs is 1. The highest BCUT2D eigenvalue weighted by atomic mass is 16.5. The van der Waals surface area contributed by atoms with Gasteiger partial charge in [0.25, 0.3) is 0 Å². The smallest absolute Gasteiger partial charge is 0.248 e. The standard InChI is InChI=1S/C11H20N2O3/c1-15-5-4-13-10-2-3-12-6-9(10)7-16-8-11(13)14/h9-10,12H,2-8H2,1H3. The van der Waals surface area contributed by atoms with E-state index in [9.17, 15) is 4.79 Å². The zero-order chi connectivity index (χ0) is 11.4. The quantitative estimate of drug-likeness (QED) is 0.705. The van der Waals surface area contributed by atoms with E-state index in [1.807, 2.05) is 4.90 Å². The predicted molar refractivity (Wildman–Crippen MR) is 59.2 cm³/mol. The van der Waals surface area contributed by atoms with Crippen LogP contribution < -0.4 is 5.32 Å². The first-order chi connectivity index (χ1) is 7.83. The predicted octanol–water partition coefficient (Wildman–Crippen LogP) is -0.530. The fraction of sp³-hybridized carbons (Fsp3) is 0.909. The largest absolute Gasteiger partial charge is 0.383 e. The molecule has 0 spiro atoms. The van der Waals surface area contributed by atoms with Crippen LogP contribution in [0.5, 0.6) is 0 Å². The Bertz CT molecular complexity index is 247. The number of ether oxygens (including phenoxy) is 2. The van der Waals surface area contributed by atoms with Gasteiger partial charge in [-0.3, -0.25) is 4.79 Å². The highest BCUT2D eigenvalue weighted by Crippen LogP contribution is 2.21. The van der Waals surface area contributed by atoms with Crippen molar-refractivity contribution in [2.24, 2.45) is 5.92 Å². The summed E-state index contributed by atoms with van der Waals surface area (Å²) in [6.07, 6.45) is 1.02. The molecule has 5 nitrogen and oxygen atoms in total. The third kappa shape index (κ3) is 2.53. The average Bonchev–Trinajstić information content (AvgIpc) is 2.46. The maximum absolute atomic E-state index is 11.9. The maximum atomic E-state index is 11.9. The lowest BCUT2D eigenvalue weighted by molar-refractivity contribution is -0.136. The molecule has 2 saturated heterocycles. The van der Waals surface area contributed by atoms with Crippen molar-refractivity contribution in [3.8, 4) is 0 Å². The van der Waals surface area contributed by atoms with Crippen LogP contribution in [0.3, 0.4) is 0 Å². The number of carbonyl (C=O) groups excluding carboxylic acids is 1. The SMILES string of the molecule is COCCN1C(=O)COCC2CNCCC21. The van der Waals surface area contributed by atoms with Gasteiger partial charge in [-0.15, -0.1) is 0 Å². The number of amides is 1. The topological polar surface area (TPSA) is 50.8 Å². The molecule has 2 unspecified atom stereocenters. The van der Waals surface area contributed by atoms with Crippen LogP contribution in [0.4, 0.5) is 0 Å². The molecular formula is C11H20N2O3. The summed E-state index contributed by atoms with van der Waals surface area (Å²) in [7, 11) is 1.67. The number of methoxy groups -OCH3 is 1. The van der Waals surface area contributed by atoms with E-state index in [1.54, 1.807) is 7.11 Å². The second-order valence-electron chi connectivity index (χ2n) is 4.42. The molecule has 2 rings (SSSR count). The molecule has 16 heavy (non-hydrogen) atoms. The van der Waals surface area contributed by atoms with Crippen molar-refractivity contribution in [2.75, 3.05) is 46.6 Å². The Morgan fingerprint density at radius 2 is 2.50 bits per heavy atom. The molecule has 92 valence electrons. The first-order valence-electron chi connectivity index (χ1n) is 5.90. The van der Waals surface area contributed by atoms with Crippen LogP contribution in [-0.4, -0.2) is 63.4 Å². The summed E-state index contributed by atoms with van der Waals surface area (Å²) in [5, 5.41) is 3.35. The summed E-state index contributed by atoms with van der Waals surface area (Å²) in [5.41, 5.74) is 0. The number of carbonyl (C=O) groups is 1. The van der Waals surface area contributed by atoms with E-state index in [0.29, 0.717) is 31.7 Å². The van der Waals surface area contributed by atoms with Gasteiger partial charge in [-0.1, -0.05) is 0 Å². The molecule has 2 aliphatic rings. The molecule has 2 aliphatic heterocycles. The van der Waals surface area contributed by atoms with Crippen LogP contribution in [0.25, 0.3) is 0 Å². The summed E-state index contributed by atoms with van der Waals surface area (Å²) in [6.45, 7) is 4.12. The van der Waals surface area contributed by atoms with Crippen LogP contribution in [-0.2, 0) is 14.3 Å². The van der Waals surface area contributed by atoms with Crippen molar-refractivity contribution < 1.29 is 14.3 Å². The van der Waals surface area contributed by atoms with E-state index in [-0.39, 0.29) is 12.5 Å². The third-order valence-corrected chi connectivity index (χ3v) is 3.38. The Labute approximate surface area is 96.1 Å². The van der Waals surface area contributed by atoms with E-state index in [4.69, 9.17) is 9.47 Å². The van der Waals surface area contributed by atoms with Gasteiger partial charge in [0.05, 0.1) is 13.2 Å². The summed E-state index contributed by atoms with van der Waals surface area (Å²) in [5.74, 6) is 0.531. The van der Waals surface area contributed by atoms with Gasteiger partial charge in [0.2, 0.25) is 5.91 Å². The molecule has 0 aromatic carbocycles. The van der Waals surface area contributed by atoms with Crippen molar-refractivity contribution in [1.29, 1.82) is 0 Å². The van der Waals surface area contributed by atoms with Gasteiger partial charge < -0.3 is 19.7 Å². The fourth-order valence-electron chi connectivity index (χ4n) is 2.54. The minimum absolute atomic E-state index is 0.103. The minimum Gasteiger partial charge on any atom is -0.383 e. The summed E-state index contributed by atoms with van der Waals surface area (Å²) < 4.78 is 10.5. The molecule has 2 fully saturated rings. The third-order valence-electron chi connectivity index (χ3n) is 3.38. The number of nitrogens with zero attached hydrogens (tertiary/aromatic N) is 1. The highest BCUT2D eigenvalue weighted by Gasteiger charge is 2.35. The van der Waals surface area contributed by atoms with Crippen molar-refractivity contribution in [3.05, 3.63) is 0 Å². The van der Waals surface area contributed by atoms with Crippen LogP contribution in [0, 0.1) is 5.92 Å². The molecular weight excluding hydrogens is 208 g/mol. The van der Waals surface area contributed by atoms with Gasteiger partial charge >= 0.3 is 0 Å². The van der Waals surface area contributed by atoms with Gasteiger partial charge in [0, 0.05) is 32.2 Å². The zero-order valence-corrected chi connectivity index (χ0v) is 9.78. The van der Waals surface area contributed by atoms with Gasteiger partial charge in [0.15, 0.2) is 0 Å². The maximum Gasteiger partial charge on any atom is 0.248 e. The van der Waals surface area contributed by atoms with Gasteiger partial charge in [-0.2, -0.15) is 0 Å². The number of hydrogen-bond donors (Lipinski definition) is 1. The Morgan fingerprint density at radius 1 is 1.62 bits per heavy atom. The fourth-order valence-corrected chi connectivity index (χ4v) is 2.54. The molecule has 0 aromatic heterocycles. The number of piperidine rings is 1. The Balaban J connectivity index is 2.05. The lowest BCUT2D eigenvalue weighted by atomic mass is 9.93. The average molecular weight is 228 g/mol. The highest BCUT2D eigenvalue weighted by molar-refractivity contribution is 5.78. The van der Waals surface area contributed by atoms with E-state index in [1.165, 1.54) is 0 Å². The first kappa shape index (κ1) is 11.8. The lowest BCUT2D eigenvalue weighted by Crippen LogP contribution is -2.52. The van der Waals surface area contributed by atoms with Crippen LogP contribution >= 0.6 is 0 Å². The molecule has 0 aromatic rings. The summed E-state index contributed by atoms with van der Waals surface area (Å²) in [6, 6.07) is 0.325. The van der Waals surface area contributed by atoms with E-state index >= 15 is 0 Å². The molecule has 0 bridgehead atoms. The molecule has 1 N–H and O–H groups in total. The zero-order valence-electron chi connectivity index (χ0n) is 9.78. The van der Waals surface area contributed by atoms with Crippen molar-refractivity contribution >= 4 is 5.91 Å². The van der Waals surface area contributed by atoms with Crippen molar-refractivity contribution in [2.45, 2.75) is 12.5 Å². The van der Waals surface area contributed by atoms with Crippen molar-refractivity contribution in [3.63, 3.8) is 0 Å². The monoisotopic (exact) mass is 228 g/mol. The first-order valence-corrected chi connectivity index (χ1v) is 5.90. The van der Waals surface area contributed by atoms with Gasteiger partial charge in [-0.05, 0) is 13.0 Å². The Hall–Kier alpha value is -0.650. The molecule has 2 heterocycles. The number of hydrogen-bond acceptors (Lipinski definition) is 4. The van der Waals surface area contributed by atoms with Gasteiger partial charge in [-0.25, -0.2) is 0 Å². The van der Waals surface area contributed by atoms with E-state index in [0.717, 1.165) is 19.5 Å². The van der Waals surface area contributed by atoms with Crippen LogP contribution in [0.2, 0.25) is 0 Å². The number of nitrogens with one attached hydrogen (secondary N) is 1. The molecule has 5 heteroatoms. The Morgan fingerprint density at radius 3 is 3.31 bits per heavy atom. The Kier molecular flexibility index (Phi) is 4.15. The second kappa shape index (κ2) is 5.61. The molecule has 0 aliphatic carbocycles. The van der Waals surface area contributed by atoms with Gasteiger partial charge in [0.1, 0.15) is 6.61 Å². The number of rotatable bonds is 3.